The van der Waals surface area contributed by atoms with Crippen LogP contribution in [0.15, 0.2) is 51.8 Å². The van der Waals surface area contributed by atoms with Crippen molar-refractivity contribution in [1.82, 2.24) is 0 Å². The molecule has 0 radical (unpaired) electrons. The Labute approximate surface area is 75.5 Å². The number of hydrogen-bond donors (Lipinski definition) is 0. The molecule has 1 spiro atoms. The largest absolute Gasteiger partial charge is 0.266 e. The third-order valence-electron chi connectivity index (χ3n) is 2.34. The Hall–Kier alpha value is -1.77. The van der Waals surface area contributed by atoms with Crippen molar-refractivity contribution in [3.05, 3.63) is 42.1 Å². The Kier molecular flexibility index (Phi) is 1.10. The molecule has 1 aromatic carbocycles. The average Bonchev–Trinajstić information content (AvgIpc) is 2.78. The molecule has 13 heavy (non-hydrogen) atoms. The van der Waals surface area contributed by atoms with Crippen LogP contribution in [0.3, 0.4) is 0 Å². The summed E-state index contributed by atoms with van der Waals surface area (Å²) in [7, 11) is 0. The van der Waals surface area contributed by atoms with E-state index in [9.17, 15) is 0 Å². The van der Waals surface area contributed by atoms with Crippen molar-refractivity contribution in [3.8, 4) is 0 Å². The highest BCUT2D eigenvalue weighted by atomic mass is 15.2. The Bertz CT molecular complexity index is 431. The summed E-state index contributed by atoms with van der Waals surface area (Å²) in [6.45, 7) is 0. The molecule has 0 fully saturated rings. The van der Waals surface area contributed by atoms with Crippen LogP contribution in [0.5, 0.6) is 0 Å². The van der Waals surface area contributed by atoms with Crippen molar-refractivity contribution in [3.63, 3.8) is 0 Å². The van der Waals surface area contributed by atoms with Crippen molar-refractivity contribution in [1.29, 1.82) is 0 Å². The zero-order valence-electron chi connectivity index (χ0n) is 6.88. The zero-order valence-corrected chi connectivity index (χ0v) is 6.88. The lowest BCUT2D eigenvalue weighted by molar-refractivity contribution is 0.785. The summed E-state index contributed by atoms with van der Waals surface area (Å²) in [4.78, 5) is 4.06. The van der Waals surface area contributed by atoms with Gasteiger partial charge in [-0.1, -0.05) is 18.2 Å². The van der Waals surface area contributed by atoms with E-state index in [4.69, 9.17) is 0 Å². The second-order valence-corrected chi connectivity index (χ2v) is 3.14. The third-order valence-corrected chi connectivity index (χ3v) is 2.34. The molecule has 0 saturated carbocycles. The molecule has 0 bridgehead atoms. The standard InChI is InChI=1S/C10H7N3/c1-2-4-9-8(3-1)10(13-12-9)5-6-11-7-10/h1-7H. The van der Waals surface area contributed by atoms with Gasteiger partial charge in [-0.3, -0.25) is 4.99 Å². The first kappa shape index (κ1) is 6.71. The number of hydrogen-bond acceptors (Lipinski definition) is 3. The van der Waals surface area contributed by atoms with Crippen LogP contribution in [0.25, 0.3) is 0 Å². The molecule has 2 heterocycles. The number of rotatable bonds is 0. The van der Waals surface area contributed by atoms with E-state index < -0.39 is 5.54 Å². The summed E-state index contributed by atoms with van der Waals surface area (Å²) >= 11 is 0. The van der Waals surface area contributed by atoms with Crippen LogP contribution in [-0.2, 0) is 5.54 Å². The second kappa shape index (κ2) is 2.13. The van der Waals surface area contributed by atoms with Gasteiger partial charge in [-0.2, -0.15) is 10.2 Å². The molecular formula is C10H7N3. The fourth-order valence-corrected chi connectivity index (χ4v) is 1.66. The van der Waals surface area contributed by atoms with Gasteiger partial charge < -0.3 is 0 Å². The first-order valence-electron chi connectivity index (χ1n) is 4.15. The quantitative estimate of drug-likeness (QED) is 0.572. The van der Waals surface area contributed by atoms with Crippen molar-refractivity contribution >= 4 is 11.9 Å². The van der Waals surface area contributed by atoms with E-state index >= 15 is 0 Å². The van der Waals surface area contributed by atoms with E-state index in [1.54, 1.807) is 6.20 Å². The number of nitrogens with zero attached hydrogens (tertiary/aromatic N) is 3. The number of azo groups is 1. The van der Waals surface area contributed by atoms with E-state index in [1.165, 1.54) is 0 Å². The minimum atomic E-state index is -0.392. The highest BCUT2D eigenvalue weighted by Crippen LogP contribution is 2.41. The molecular weight excluding hydrogens is 162 g/mol. The van der Waals surface area contributed by atoms with Gasteiger partial charge in [0.05, 0.1) is 5.69 Å². The van der Waals surface area contributed by atoms with Gasteiger partial charge in [0.1, 0.15) is 0 Å². The van der Waals surface area contributed by atoms with Gasteiger partial charge in [0.25, 0.3) is 0 Å². The summed E-state index contributed by atoms with van der Waals surface area (Å²) < 4.78 is 0. The molecule has 0 N–H and O–H groups in total. The molecule has 3 heteroatoms. The molecule has 0 aromatic heterocycles. The molecule has 0 aliphatic carbocycles. The molecule has 3 rings (SSSR count). The Morgan fingerprint density at radius 3 is 2.92 bits per heavy atom. The lowest BCUT2D eigenvalue weighted by atomic mass is 9.93. The molecule has 0 saturated heterocycles. The molecule has 1 aromatic rings. The van der Waals surface area contributed by atoms with Crippen LogP contribution in [0.2, 0.25) is 0 Å². The predicted octanol–water partition coefficient (Wildman–Crippen LogP) is 2.58. The summed E-state index contributed by atoms with van der Waals surface area (Å²) in [6, 6.07) is 7.97. The maximum atomic E-state index is 4.22. The maximum Gasteiger partial charge on any atom is 0.164 e. The van der Waals surface area contributed by atoms with Crippen LogP contribution < -0.4 is 0 Å². The van der Waals surface area contributed by atoms with Gasteiger partial charge in [-0.25, -0.2) is 0 Å². The van der Waals surface area contributed by atoms with Crippen LogP contribution in [0.1, 0.15) is 5.56 Å². The van der Waals surface area contributed by atoms with Crippen molar-refractivity contribution in [2.45, 2.75) is 5.54 Å². The molecule has 0 amide bonds. The van der Waals surface area contributed by atoms with E-state index in [2.05, 4.69) is 15.2 Å². The minimum absolute atomic E-state index is 0.392. The highest BCUT2D eigenvalue weighted by Gasteiger charge is 2.35. The van der Waals surface area contributed by atoms with Gasteiger partial charge in [-0.15, -0.1) is 0 Å². The number of fused-ring (bicyclic) bond motifs is 2. The highest BCUT2D eigenvalue weighted by molar-refractivity contribution is 5.83. The molecule has 1 atom stereocenters. The fourth-order valence-electron chi connectivity index (χ4n) is 1.66. The monoisotopic (exact) mass is 169 g/mol. The molecule has 3 nitrogen and oxygen atoms in total. The van der Waals surface area contributed by atoms with Crippen molar-refractivity contribution in [2.24, 2.45) is 15.2 Å². The summed E-state index contributed by atoms with van der Waals surface area (Å²) in [5.41, 5.74) is 1.67. The van der Waals surface area contributed by atoms with Gasteiger partial charge in [0, 0.05) is 18.0 Å². The lowest BCUT2D eigenvalue weighted by Gasteiger charge is -2.12. The van der Waals surface area contributed by atoms with Gasteiger partial charge in [0.2, 0.25) is 0 Å². The first-order valence-corrected chi connectivity index (χ1v) is 4.15. The van der Waals surface area contributed by atoms with Crippen LogP contribution >= 0.6 is 0 Å². The topological polar surface area (TPSA) is 37.1 Å². The van der Waals surface area contributed by atoms with Crippen LogP contribution in [0.4, 0.5) is 5.69 Å². The third kappa shape index (κ3) is 0.758. The number of benzene rings is 1. The summed E-state index contributed by atoms with van der Waals surface area (Å²) in [6.07, 6.45) is 5.55. The molecule has 1 unspecified atom stereocenters. The molecule has 62 valence electrons. The first-order chi connectivity index (χ1) is 6.41. The molecule has 2 aliphatic heterocycles. The van der Waals surface area contributed by atoms with E-state index in [1.807, 2.05) is 36.6 Å². The van der Waals surface area contributed by atoms with E-state index in [0.29, 0.717) is 0 Å². The Morgan fingerprint density at radius 1 is 1.15 bits per heavy atom. The van der Waals surface area contributed by atoms with Crippen LogP contribution in [-0.4, -0.2) is 6.21 Å². The van der Waals surface area contributed by atoms with Crippen molar-refractivity contribution < 1.29 is 0 Å². The second-order valence-electron chi connectivity index (χ2n) is 3.14. The SMILES string of the molecule is C1=CC2(C=N1)N=Nc1ccccc12. The minimum Gasteiger partial charge on any atom is -0.266 e. The van der Waals surface area contributed by atoms with Gasteiger partial charge >= 0.3 is 0 Å². The van der Waals surface area contributed by atoms with E-state index in [-0.39, 0.29) is 0 Å². The summed E-state index contributed by atoms with van der Waals surface area (Å²) in [5.74, 6) is 0. The Balaban J connectivity index is 2.28. The number of aliphatic imine (C=N–C) groups is 1. The normalized spacial score (nSPS) is 27.4. The predicted molar refractivity (Wildman–Crippen MR) is 50.3 cm³/mol. The van der Waals surface area contributed by atoms with Crippen LogP contribution in [0, 0.1) is 0 Å². The lowest BCUT2D eigenvalue weighted by Crippen LogP contribution is -2.16. The summed E-state index contributed by atoms with van der Waals surface area (Å²) in [5, 5.41) is 8.34. The Morgan fingerprint density at radius 2 is 2.08 bits per heavy atom. The fraction of sp³-hybridized carbons (Fsp3) is 0.100. The zero-order chi connectivity index (χ0) is 8.73. The average molecular weight is 169 g/mol. The van der Waals surface area contributed by atoms with Gasteiger partial charge in [-0.05, 0) is 12.1 Å². The van der Waals surface area contributed by atoms with E-state index in [0.717, 1.165) is 11.3 Å². The maximum absolute atomic E-state index is 4.22. The smallest absolute Gasteiger partial charge is 0.164 e. The van der Waals surface area contributed by atoms with Crippen molar-refractivity contribution in [2.75, 3.05) is 0 Å². The van der Waals surface area contributed by atoms with Gasteiger partial charge in [0.15, 0.2) is 5.54 Å². The molecule has 2 aliphatic rings.